The van der Waals surface area contributed by atoms with Crippen LogP contribution in [0.15, 0.2) is 85.3 Å². The number of aromatic amines is 1. The Morgan fingerprint density at radius 2 is 1.58 bits per heavy atom. The van der Waals surface area contributed by atoms with Gasteiger partial charge in [0.05, 0.1) is 12.0 Å². The molecule has 1 fully saturated rings. The van der Waals surface area contributed by atoms with Crippen molar-refractivity contribution in [2.24, 2.45) is 11.8 Å². The second kappa shape index (κ2) is 18.9. The Hall–Kier alpha value is -4.47. The number of ether oxygens (including phenoxy) is 1. The van der Waals surface area contributed by atoms with Crippen molar-refractivity contribution in [3.63, 3.8) is 0 Å². The fraction of sp³-hybridized carbons (Fsp3) is 0.450. The molecule has 1 aliphatic carbocycles. The molecule has 11 nitrogen and oxygen atoms in total. The second-order valence-corrected chi connectivity index (χ2v) is 16.9. The fourth-order valence-corrected chi connectivity index (χ4v) is 8.98. The lowest BCUT2D eigenvalue weighted by atomic mass is 9.87. The number of fused-ring (bicyclic) bond motifs is 1. The lowest BCUT2D eigenvalue weighted by molar-refractivity contribution is -0.130. The van der Waals surface area contributed by atoms with Crippen LogP contribution in [0.3, 0.4) is 0 Å². The number of carbonyl (C=O) groups is 3. The maximum absolute atomic E-state index is 14.2. The van der Waals surface area contributed by atoms with Gasteiger partial charge in [0.15, 0.2) is 0 Å². The predicted molar refractivity (Wildman–Crippen MR) is 203 cm³/mol. The lowest BCUT2D eigenvalue weighted by Crippen LogP contribution is -2.56. The van der Waals surface area contributed by atoms with Crippen LogP contribution in [0.1, 0.15) is 75.6 Å². The molecule has 278 valence electrons. The van der Waals surface area contributed by atoms with Crippen LogP contribution in [-0.2, 0) is 38.3 Å². The molecule has 5 rings (SSSR count). The third kappa shape index (κ3) is 11.5. The minimum atomic E-state index is -3.80. The van der Waals surface area contributed by atoms with E-state index in [1.807, 2.05) is 86.6 Å². The van der Waals surface area contributed by atoms with E-state index in [4.69, 9.17) is 4.74 Å². The number of alkyl carbamates (subject to hydrolysis) is 1. The minimum Gasteiger partial charge on any atom is -0.445 e. The number of nitrogens with one attached hydrogen (secondary N) is 4. The molecular weight excluding hydrogens is 677 g/mol. The third-order valence-corrected chi connectivity index (χ3v) is 12.0. The van der Waals surface area contributed by atoms with Gasteiger partial charge in [0, 0.05) is 25.2 Å². The zero-order valence-electron chi connectivity index (χ0n) is 30.1. The molecule has 3 aromatic carbocycles. The molecule has 3 amide bonds. The van der Waals surface area contributed by atoms with E-state index < -0.39 is 43.1 Å². The molecule has 0 spiro atoms. The number of rotatable bonds is 17. The van der Waals surface area contributed by atoms with Gasteiger partial charge >= 0.3 is 6.09 Å². The highest BCUT2D eigenvalue weighted by Gasteiger charge is 2.37. The minimum absolute atomic E-state index is 0.0138. The largest absolute Gasteiger partial charge is 0.445 e. The van der Waals surface area contributed by atoms with E-state index in [-0.39, 0.29) is 37.4 Å². The molecule has 4 atom stereocenters. The summed E-state index contributed by atoms with van der Waals surface area (Å²) < 4.78 is 19.4. The molecule has 0 saturated heterocycles. The monoisotopic (exact) mass is 729 g/mol. The van der Waals surface area contributed by atoms with E-state index in [9.17, 15) is 23.8 Å². The number of aromatic nitrogens is 2. The molecule has 1 saturated carbocycles. The summed E-state index contributed by atoms with van der Waals surface area (Å²) in [4.78, 5) is 60.1. The first-order valence-corrected chi connectivity index (χ1v) is 20.3. The number of imidazole rings is 1. The molecule has 1 aliphatic rings. The average Bonchev–Trinajstić information content (AvgIpc) is 3.66. The summed E-state index contributed by atoms with van der Waals surface area (Å²) in [6.07, 6.45) is 8.71. The van der Waals surface area contributed by atoms with Gasteiger partial charge in [-0.3, -0.25) is 14.2 Å². The van der Waals surface area contributed by atoms with Crippen molar-refractivity contribution in [3.8, 4) is 0 Å². The molecule has 5 N–H and O–H groups in total. The molecule has 1 heterocycles. The summed E-state index contributed by atoms with van der Waals surface area (Å²) >= 11 is 0. The fourth-order valence-electron chi connectivity index (χ4n) is 6.83. The summed E-state index contributed by atoms with van der Waals surface area (Å²) in [5.74, 6) is -1.67. The number of carbonyl (C=O) groups excluding carboxylic acids is 3. The van der Waals surface area contributed by atoms with Crippen LogP contribution in [0.2, 0.25) is 0 Å². The molecule has 12 heteroatoms. The number of benzene rings is 3. The summed E-state index contributed by atoms with van der Waals surface area (Å²) in [5, 5.41) is 10.4. The van der Waals surface area contributed by atoms with E-state index >= 15 is 0 Å². The zero-order chi connectivity index (χ0) is 36.9. The standard InChI is InChI=1S/C40H52N5O6P/c1-28(2)20-21-52(49,50)37(22-29-12-5-3-6-13-29)45-39(47)36(24-33-25-41-27-42-33)43-38(46)35(44-40(48)51-26-30-14-7-4-8-15-30)23-32-18-11-17-31-16-9-10-19-34(31)32/h4,7-11,14-19,25,27-29,35-37H,3,5-6,12-13,20-24,26H2,1-2H3,(H,41,42)(H,43,46)(H,44,48)(H,45,47)(H,49,50)/t35?,36-,37?/m0/s1. The van der Waals surface area contributed by atoms with Crippen molar-refractivity contribution in [3.05, 3.63) is 102 Å². The van der Waals surface area contributed by atoms with Gasteiger partial charge in [0.25, 0.3) is 0 Å². The van der Waals surface area contributed by atoms with Crippen LogP contribution >= 0.6 is 7.37 Å². The van der Waals surface area contributed by atoms with Crippen LogP contribution in [0, 0.1) is 11.8 Å². The van der Waals surface area contributed by atoms with E-state index in [2.05, 4.69) is 25.9 Å². The van der Waals surface area contributed by atoms with Gasteiger partial charge in [-0.15, -0.1) is 0 Å². The molecule has 0 radical (unpaired) electrons. The van der Waals surface area contributed by atoms with Crippen molar-refractivity contribution in [2.75, 3.05) is 6.16 Å². The third-order valence-electron chi connectivity index (χ3n) is 9.83. The highest BCUT2D eigenvalue weighted by molar-refractivity contribution is 7.58. The molecule has 3 unspecified atom stereocenters. The zero-order valence-corrected chi connectivity index (χ0v) is 31.0. The SMILES string of the molecule is CC(C)CCP(=O)(O)C(CC1CCCCC1)NC(=O)[C@H](Cc1c[nH]cn1)NC(=O)C(Cc1cccc2ccccc12)NC(=O)OCc1ccccc1. The Bertz CT molecular complexity index is 1790. The molecule has 1 aromatic heterocycles. The lowest BCUT2D eigenvalue weighted by Gasteiger charge is -2.31. The second-order valence-electron chi connectivity index (χ2n) is 14.4. The Morgan fingerprint density at radius 1 is 0.885 bits per heavy atom. The van der Waals surface area contributed by atoms with Crippen molar-refractivity contribution in [1.82, 2.24) is 25.9 Å². The number of hydrogen-bond acceptors (Lipinski definition) is 6. The van der Waals surface area contributed by atoms with Crippen LogP contribution in [0.5, 0.6) is 0 Å². The Balaban J connectivity index is 1.38. The number of amides is 3. The van der Waals surface area contributed by atoms with E-state index in [0.29, 0.717) is 18.5 Å². The summed E-state index contributed by atoms with van der Waals surface area (Å²) in [7, 11) is -3.80. The predicted octanol–water partition coefficient (Wildman–Crippen LogP) is 6.86. The van der Waals surface area contributed by atoms with Gasteiger partial charge < -0.3 is 30.6 Å². The quantitative estimate of drug-likeness (QED) is 0.0742. The summed E-state index contributed by atoms with van der Waals surface area (Å²) in [6.45, 7) is 4.02. The van der Waals surface area contributed by atoms with E-state index in [1.54, 1.807) is 6.20 Å². The molecular formula is C40H52N5O6P. The number of hydrogen-bond donors (Lipinski definition) is 5. The maximum atomic E-state index is 14.2. The molecule has 4 aromatic rings. The van der Waals surface area contributed by atoms with Crippen LogP contribution in [-0.4, -0.2) is 56.8 Å². The summed E-state index contributed by atoms with van der Waals surface area (Å²) in [6, 6.07) is 20.5. The highest BCUT2D eigenvalue weighted by atomic mass is 31.2. The first-order chi connectivity index (χ1) is 25.1. The van der Waals surface area contributed by atoms with Crippen molar-refractivity contribution >= 4 is 36.0 Å². The summed E-state index contributed by atoms with van der Waals surface area (Å²) in [5.41, 5.74) is 2.15. The highest BCUT2D eigenvalue weighted by Crippen LogP contribution is 2.49. The normalized spacial score (nSPS) is 16.4. The van der Waals surface area contributed by atoms with Gasteiger partial charge in [-0.05, 0) is 46.6 Å². The van der Waals surface area contributed by atoms with Gasteiger partial charge in [-0.1, -0.05) is 119 Å². The smallest absolute Gasteiger partial charge is 0.408 e. The van der Waals surface area contributed by atoms with Crippen LogP contribution in [0.4, 0.5) is 4.79 Å². The van der Waals surface area contributed by atoms with Crippen LogP contribution < -0.4 is 16.0 Å². The van der Waals surface area contributed by atoms with E-state index in [0.717, 1.165) is 54.0 Å². The van der Waals surface area contributed by atoms with Crippen molar-refractivity contribution in [2.45, 2.75) is 96.1 Å². The maximum Gasteiger partial charge on any atom is 0.408 e. The Labute approximate surface area is 306 Å². The average molecular weight is 730 g/mol. The number of H-pyrrole nitrogens is 1. The van der Waals surface area contributed by atoms with Crippen LogP contribution in [0.25, 0.3) is 10.8 Å². The van der Waals surface area contributed by atoms with Crippen molar-refractivity contribution in [1.29, 1.82) is 0 Å². The number of nitrogens with zero attached hydrogens (tertiary/aromatic N) is 1. The molecule has 52 heavy (non-hydrogen) atoms. The Morgan fingerprint density at radius 3 is 2.31 bits per heavy atom. The molecule has 0 bridgehead atoms. The Kier molecular flexibility index (Phi) is 14.0. The van der Waals surface area contributed by atoms with Gasteiger partial charge in [-0.25, -0.2) is 9.78 Å². The topological polar surface area (TPSA) is 163 Å². The first-order valence-electron chi connectivity index (χ1n) is 18.4. The van der Waals surface area contributed by atoms with Gasteiger partial charge in [0.1, 0.15) is 24.5 Å². The van der Waals surface area contributed by atoms with Crippen molar-refractivity contribution < 1.29 is 28.6 Å². The van der Waals surface area contributed by atoms with E-state index in [1.165, 1.54) is 6.33 Å². The van der Waals surface area contributed by atoms with Gasteiger partial charge in [0.2, 0.25) is 19.2 Å². The van der Waals surface area contributed by atoms with Gasteiger partial charge in [-0.2, -0.15) is 0 Å². The molecule has 0 aliphatic heterocycles. The first kappa shape index (κ1) is 38.8.